The van der Waals surface area contributed by atoms with E-state index in [4.69, 9.17) is 5.73 Å². The van der Waals surface area contributed by atoms with E-state index in [9.17, 15) is 0 Å². The monoisotopic (exact) mass is 140 g/mol. The van der Waals surface area contributed by atoms with Gasteiger partial charge in [0.25, 0.3) is 0 Å². The third-order valence-corrected chi connectivity index (χ3v) is 1.63. The van der Waals surface area contributed by atoms with E-state index in [1.807, 2.05) is 0 Å². The molecule has 0 radical (unpaired) electrons. The molecule has 1 rings (SSSR count). The summed E-state index contributed by atoms with van der Waals surface area (Å²) in [6.07, 6.45) is 2.51. The summed E-state index contributed by atoms with van der Waals surface area (Å²) in [5.74, 6) is 2.16. The van der Waals surface area contributed by atoms with Gasteiger partial charge in [0.2, 0.25) is 0 Å². The summed E-state index contributed by atoms with van der Waals surface area (Å²) in [4.78, 5) is 4.28. The Labute approximate surface area is 62.5 Å². The number of nitrogens with two attached hydrogens (primary N) is 1. The molecule has 0 bridgehead atoms. The number of hydrogen-bond donors (Lipinski definition) is 1. The third-order valence-electron chi connectivity index (χ3n) is 1.63. The van der Waals surface area contributed by atoms with E-state index in [1.165, 1.54) is 12.8 Å². The Morgan fingerprint density at radius 3 is 2.60 bits per heavy atom. The maximum Gasteiger partial charge on any atom is 0.0968 e. The molecular formula is C8H16N2. The van der Waals surface area contributed by atoms with Gasteiger partial charge in [-0.3, -0.25) is 4.99 Å². The number of amidine groups is 1. The molecule has 0 unspecified atom stereocenters. The van der Waals surface area contributed by atoms with Crippen LogP contribution in [-0.4, -0.2) is 12.4 Å². The molecular weight excluding hydrogens is 124 g/mol. The minimum absolute atomic E-state index is 0.636. The lowest BCUT2D eigenvalue weighted by molar-refractivity contribution is 0.663. The van der Waals surface area contributed by atoms with Crippen molar-refractivity contribution in [2.75, 3.05) is 6.54 Å². The summed E-state index contributed by atoms with van der Waals surface area (Å²) in [6.45, 7) is 5.20. The smallest absolute Gasteiger partial charge is 0.0968 e. The second-order valence-corrected chi connectivity index (χ2v) is 3.43. The fourth-order valence-corrected chi connectivity index (χ4v) is 0.796. The molecule has 0 atom stereocenters. The van der Waals surface area contributed by atoms with Crippen LogP contribution in [0.4, 0.5) is 0 Å². The van der Waals surface area contributed by atoms with Crippen LogP contribution in [0.1, 0.15) is 26.7 Å². The zero-order chi connectivity index (χ0) is 7.56. The van der Waals surface area contributed by atoms with Crippen LogP contribution in [0.5, 0.6) is 0 Å². The lowest BCUT2D eigenvalue weighted by atomic mass is 10.2. The molecule has 1 saturated carbocycles. The molecule has 58 valence electrons. The van der Waals surface area contributed by atoms with Crippen molar-refractivity contribution in [3.8, 4) is 0 Å². The highest BCUT2D eigenvalue weighted by Crippen LogP contribution is 2.28. The minimum atomic E-state index is 0.636. The average Bonchev–Trinajstić information content (AvgIpc) is 2.63. The van der Waals surface area contributed by atoms with Gasteiger partial charge in [0.15, 0.2) is 0 Å². The largest absolute Gasteiger partial charge is 0.387 e. The molecule has 0 aliphatic heterocycles. The molecule has 1 fully saturated rings. The van der Waals surface area contributed by atoms with Crippen molar-refractivity contribution in [1.82, 2.24) is 0 Å². The van der Waals surface area contributed by atoms with Crippen molar-refractivity contribution >= 4 is 5.84 Å². The summed E-state index contributed by atoms with van der Waals surface area (Å²) in [5.41, 5.74) is 5.68. The number of nitrogens with zero attached hydrogens (tertiary/aromatic N) is 1. The van der Waals surface area contributed by atoms with Crippen molar-refractivity contribution in [3.63, 3.8) is 0 Å². The van der Waals surface area contributed by atoms with E-state index in [0.29, 0.717) is 11.8 Å². The fraction of sp³-hybridized carbons (Fsp3) is 0.875. The number of aliphatic imine (C=N–C) groups is 1. The van der Waals surface area contributed by atoms with E-state index >= 15 is 0 Å². The van der Waals surface area contributed by atoms with E-state index in [1.54, 1.807) is 0 Å². The van der Waals surface area contributed by atoms with Crippen molar-refractivity contribution in [3.05, 3.63) is 0 Å². The zero-order valence-corrected chi connectivity index (χ0v) is 6.80. The Hall–Kier alpha value is -0.530. The maximum absolute atomic E-state index is 5.68. The Kier molecular flexibility index (Phi) is 2.30. The Balaban J connectivity index is 2.23. The van der Waals surface area contributed by atoms with E-state index in [-0.39, 0.29) is 0 Å². The first-order chi connectivity index (χ1) is 4.70. The van der Waals surface area contributed by atoms with Crippen LogP contribution < -0.4 is 5.73 Å². The van der Waals surface area contributed by atoms with E-state index < -0.39 is 0 Å². The maximum atomic E-state index is 5.68. The molecule has 2 nitrogen and oxygen atoms in total. The molecule has 1 aliphatic carbocycles. The normalized spacial score (nSPS) is 20.1. The van der Waals surface area contributed by atoms with Crippen molar-refractivity contribution in [2.45, 2.75) is 26.7 Å². The summed E-state index contributed by atoms with van der Waals surface area (Å²) in [5, 5.41) is 0. The van der Waals surface area contributed by atoms with Crippen LogP contribution in [0, 0.1) is 11.8 Å². The molecule has 0 aromatic heterocycles. The zero-order valence-electron chi connectivity index (χ0n) is 6.80. The molecule has 0 saturated heterocycles. The standard InChI is InChI=1S/C8H16N2/c1-6(2)5-10-8(9)7-3-4-7/h6-7H,3-5H2,1-2H3,(H2,9,10). The summed E-state index contributed by atoms with van der Waals surface area (Å²) < 4.78 is 0. The Bertz CT molecular complexity index is 134. The lowest BCUT2D eigenvalue weighted by Crippen LogP contribution is -2.15. The lowest BCUT2D eigenvalue weighted by Gasteiger charge is -1.99. The van der Waals surface area contributed by atoms with E-state index in [2.05, 4.69) is 18.8 Å². The van der Waals surface area contributed by atoms with Gasteiger partial charge in [-0.05, 0) is 18.8 Å². The van der Waals surface area contributed by atoms with Gasteiger partial charge in [0.05, 0.1) is 5.84 Å². The van der Waals surface area contributed by atoms with Gasteiger partial charge in [0, 0.05) is 12.5 Å². The number of hydrogen-bond acceptors (Lipinski definition) is 1. The van der Waals surface area contributed by atoms with Crippen molar-refractivity contribution < 1.29 is 0 Å². The van der Waals surface area contributed by atoms with Gasteiger partial charge >= 0.3 is 0 Å². The van der Waals surface area contributed by atoms with Gasteiger partial charge in [0.1, 0.15) is 0 Å². The summed E-state index contributed by atoms with van der Waals surface area (Å²) in [6, 6.07) is 0. The Morgan fingerprint density at radius 1 is 1.60 bits per heavy atom. The molecule has 2 heteroatoms. The number of rotatable bonds is 3. The first-order valence-corrected chi connectivity index (χ1v) is 4.00. The molecule has 0 spiro atoms. The quantitative estimate of drug-likeness (QED) is 0.467. The third kappa shape index (κ3) is 2.38. The van der Waals surface area contributed by atoms with Gasteiger partial charge in [-0.15, -0.1) is 0 Å². The second-order valence-electron chi connectivity index (χ2n) is 3.43. The SMILES string of the molecule is CC(C)CN=C(N)C1CC1. The van der Waals surface area contributed by atoms with Gasteiger partial charge in [-0.1, -0.05) is 13.8 Å². The fourth-order valence-electron chi connectivity index (χ4n) is 0.796. The molecule has 0 heterocycles. The van der Waals surface area contributed by atoms with Gasteiger partial charge in [-0.25, -0.2) is 0 Å². The highest BCUT2D eigenvalue weighted by atomic mass is 14.9. The van der Waals surface area contributed by atoms with Gasteiger partial charge in [-0.2, -0.15) is 0 Å². The molecule has 10 heavy (non-hydrogen) atoms. The van der Waals surface area contributed by atoms with Crippen LogP contribution in [0.15, 0.2) is 4.99 Å². The molecule has 2 N–H and O–H groups in total. The summed E-state index contributed by atoms with van der Waals surface area (Å²) in [7, 11) is 0. The van der Waals surface area contributed by atoms with Crippen LogP contribution in [0.2, 0.25) is 0 Å². The van der Waals surface area contributed by atoms with Crippen LogP contribution >= 0.6 is 0 Å². The molecule has 0 aromatic rings. The first kappa shape index (κ1) is 7.58. The Morgan fingerprint density at radius 2 is 2.20 bits per heavy atom. The average molecular weight is 140 g/mol. The van der Waals surface area contributed by atoms with Gasteiger partial charge < -0.3 is 5.73 Å². The van der Waals surface area contributed by atoms with Crippen LogP contribution in [0.3, 0.4) is 0 Å². The second kappa shape index (κ2) is 3.04. The predicted octanol–water partition coefficient (Wildman–Crippen LogP) is 1.41. The summed E-state index contributed by atoms with van der Waals surface area (Å²) >= 11 is 0. The van der Waals surface area contributed by atoms with E-state index in [0.717, 1.165) is 12.4 Å². The minimum Gasteiger partial charge on any atom is -0.387 e. The highest BCUT2D eigenvalue weighted by molar-refractivity contribution is 5.84. The van der Waals surface area contributed by atoms with Crippen molar-refractivity contribution in [1.29, 1.82) is 0 Å². The molecule has 0 aromatic carbocycles. The topological polar surface area (TPSA) is 38.4 Å². The first-order valence-electron chi connectivity index (χ1n) is 4.00. The molecule has 1 aliphatic rings. The van der Waals surface area contributed by atoms with Crippen LogP contribution in [-0.2, 0) is 0 Å². The van der Waals surface area contributed by atoms with Crippen molar-refractivity contribution in [2.24, 2.45) is 22.6 Å². The predicted molar refractivity (Wildman–Crippen MR) is 44.1 cm³/mol. The molecule has 0 amide bonds. The van der Waals surface area contributed by atoms with Crippen LogP contribution in [0.25, 0.3) is 0 Å². The highest BCUT2D eigenvalue weighted by Gasteiger charge is 2.24.